The van der Waals surface area contributed by atoms with Crippen LogP contribution in [0.1, 0.15) is 17.9 Å². The van der Waals surface area contributed by atoms with E-state index in [1.165, 1.54) is 6.08 Å². The number of hydrogen-bond donors (Lipinski definition) is 0. The Morgan fingerprint density at radius 3 is 2.17 bits per heavy atom. The lowest BCUT2D eigenvalue weighted by molar-refractivity contribution is -0.485. The molecule has 0 saturated carbocycles. The van der Waals surface area contributed by atoms with E-state index in [-0.39, 0.29) is 6.42 Å². The van der Waals surface area contributed by atoms with Crippen LogP contribution in [0.25, 0.3) is 0 Å². The average Bonchev–Trinajstić information content (AvgIpc) is 2.57. The maximum absolute atomic E-state index is 12.4. The highest BCUT2D eigenvalue weighted by molar-refractivity contribution is 6.01. The van der Waals surface area contributed by atoms with Crippen molar-refractivity contribution in [2.45, 2.75) is 12.3 Å². The van der Waals surface area contributed by atoms with Crippen molar-refractivity contribution < 1.29 is 24.0 Å². The summed E-state index contributed by atoms with van der Waals surface area (Å²) in [4.78, 5) is 35.4. The molecule has 7 nitrogen and oxygen atoms in total. The van der Waals surface area contributed by atoms with Gasteiger partial charge in [-0.15, -0.1) is 6.58 Å². The number of methoxy groups -OCH3 is 2. The van der Waals surface area contributed by atoms with Crippen molar-refractivity contribution in [2.75, 3.05) is 20.8 Å². The molecule has 0 amide bonds. The molecule has 0 N–H and O–H groups in total. The van der Waals surface area contributed by atoms with Gasteiger partial charge in [0.2, 0.25) is 6.54 Å². The lowest BCUT2D eigenvalue weighted by Crippen LogP contribution is -2.48. The van der Waals surface area contributed by atoms with Gasteiger partial charge in [0.1, 0.15) is 0 Å². The molecule has 23 heavy (non-hydrogen) atoms. The van der Waals surface area contributed by atoms with Crippen LogP contribution in [-0.2, 0) is 19.1 Å². The number of hydrogen-bond acceptors (Lipinski definition) is 6. The lowest BCUT2D eigenvalue weighted by atomic mass is 9.69. The van der Waals surface area contributed by atoms with Crippen LogP contribution in [0.4, 0.5) is 0 Å². The zero-order valence-electron chi connectivity index (χ0n) is 13.1. The van der Waals surface area contributed by atoms with Gasteiger partial charge in [-0.3, -0.25) is 19.7 Å². The number of esters is 2. The number of allylic oxidation sites excluding steroid dienone is 1. The molecule has 0 saturated heterocycles. The van der Waals surface area contributed by atoms with Crippen LogP contribution in [-0.4, -0.2) is 37.6 Å². The van der Waals surface area contributed by atoms with Crippen LogP contribution in [0.5, 0.6) is 0 Å². The molecule has 0 spiro atoms. The summed E-state index contributed by atoms with van der Waals surface area (Å²) in [5.74, 6) is -2.82. The van der Waals surface area contributed by atoms with Crippen molar-refractivity contribution in [1.29, 1.82) is 0 Å². The Hall–Kier alpha value is -2.70. The first-order valence-corrected chi connectivity index (χ1v) is 6.88. The molecular formula is C16H19NO6. The van der Waals surface area contributed by atoms with E-state index in [1.54, 1.807) is 30.3 Å². The van der Waals surface area contributed by atoms with Crippen LogP contribution < -0.4 is 0 Å². The summed E-state index contributed by atoms with van der Waals surface area (Å²) >= 11 is 0. The number of nitro groups is 1. The van der Waals surface area contributed by atoms with Crippen LogP contribution >= 0.6 is 0 Å². The summed E-state index contributed by atoms with van der Waals surface area (Å²) in [6, 6.07) is 8.33. The molecule has 1 atom stereocenters. The van der Waals surface area contributed by atoms with Crippen LogP contribution in [0, 0.1) is 15.5 Å². The van der Waals surface area contributed by atoms with Crippen LogP contribution in [0.15, 0.2) is 43.0 Å². The van der Waals surface area contributed by atoms with E-state index in [9.17, 15) is 19.7 Å². The van der Waals surface area contributed by atoms with Crippen molar-refractivity contribution in [1.82, 2.24) is 0 Å². The van der Waals surface area contributed by atoms with E-state index >= 15 is 0 Å². The van der Waals surface area contributed by atoms with E-state index in [2.05, 4.69) is 6.58 Å². The minimum Gasteiger partial charge on any atom is -0.468 e. The molecule has 7 heteroatoms. The summed E-state index contributed by atoms with van der Waals surface area (Å²) in [7, 11) is 2.24. The second kappa shape index (κ2) is 8.07. The molecule has 0 aromatic heterocycles. The first-order chi connectivity index (χ1) is 10.9. The molecular weight excluding hydrogens is 302 g/mol. The summed E-state index contributed by atoms with van der Waals surface area (Å²) in [6.45, 7) is 2.93. The van der Waals surface area contributed by atoms with E-state index in [0.717, 1.165) is 14.2 Å². The normalized spacial score (nSPS) is 12.1. The lowest BCUT2D eigenvalue weighted by Gasteiger charge is -2.33. The van der Waals surface area contributed by atoms with Gasteiger partial charge in [0.05, 0.1) is 20.1 Å². The van der Waals surface area contributed by atoms with Crippen LogP contribution in [0.2, 0.25) is 0 Å². The van der Waals surface area contributed by atoms with Gasteiger partial charge in [0.25, 0.3) is 0 Å². The standard InChI is InChI=1S/C16H19NO6/c1-4-10-16(14(18)22-2,15(19)23-3)13(11-17(20)21)12-8-6-5-7-9-12/h4-9,13H,1,10-11H2,2-3H3/t13-/m0/s1. The number of carbonyl (C=O) groups excluding carboxylic acids is 2. The van der Waals surface area contributed by atoms with Gasteiger partial charge in [0.15, 0.2) is 5.41 Å². The highest BCUT2D eigenvalue weighted by atomic mass is 16.6. The number of nitrogens with zero attached hydrogens (tertiary/aromatic N) is 1. The highest BCUT2D eigenvalue weighted by Crippen LogP contribution is 2.42. The first-order valence-electron chi connectivity index (χ1n) is 6.88. The molecule has 0 bridgehead atoms. The predicted molar refractivity (Wildman–Crippen MR) is 82.3 cm³/mol. The van der Waals surface area contributed by atoms with Gasteiger partial charge in [-0.25, -0.2) is 0 Å². The monoisotopic (exact) mass is 321 g/mol. The molecule has 1 aromatic carbocycles. The SMILES string of the molecule is C=CCC(C(=O)OC)(C(=O)OC)[C@@H](C[N+](=O)[O-])c1ccccc1. The second-order valence-corrected chi connectivity index (χ2v) is 4.93. The van der Waals surface area contributed by atoms with Crippen molar-refractivity contribution >= 4 is 11.9 Å². The van der Waals surface area contributed by atoms with Crippen molar-refractivity contribution in [2.24, 2.45) is 5.41 Å². The molecule has 0 aliphatic carbocycles. The minimum atomic E-state index is -1.86. The van der Waals surface area contributed by atoms with Crippen molar-refractivity contribution in [3.05, 3.63) is 58.7 Å². The number of carbonyl (C=O) groups is 2. The molecule has 124 valence electrons. The second-order valence-electron chi connectivity index (χ2n) is 4.93. The third kappa shape index (κ3) is 3.74. The number of rotatable bonds is 8. The van der Waals surface area contributed by atoms with Crippen molar-refractivity contribution in [3.8, 4) is 0 Å². The molecule has 0 heterocycles. The summed E-state index contributed by atoms with van der Waals surface area (Å²) in [5.41, 5.74) is -1.39. The first kappa shape index (κ1) is 18.3. The summed E-state index contributed by atoms with van der Waals surface area (Å²) in [5, 5.41) is 11.1. The van der Waals surface area contributed by atoms with Gasteiger partial charge in [-0.2, -0.15) is 0 Å². The van der Waals surface area contributed by atoms with Crippen LogP contribution in [0.3, 0.4) is 0 Å². The Bertz CT molecular complexity index is 567. The fourth-order valence-corrected chi connectivity index (χ4v) is 2.65. The summed E-state index contributed by atoms with van der Waals surface area (Å²) < 4.78 is 9.53. The highest BCUT2D eigenvalue weighted by Gasteiger charge is 2.56. The van der Waals surface area contributed by atoms with Crippen molar-refractivity contribution in [3.63, 3.8) is 0 Å². The Morgan fingerprint density at radius 2 is 1.78 bits per heavy atom. The van der Waals surface area contributed by atoms with Gasteiger partial charge in [0, 0.05) is 4.92 Å². The van der Waals surface area contributed by atoms with Gasteiger partial charge in [-0.05, 0) is 12.0 Å². The fraction of sp³-hybridized carbons (Fsp3) is 0.375. The molecule has 0 unspecified atom stereocenters. The quantitative estimate of drug-likeness (QED) is 0.239. The Kier molecular flexibility index (Phi) is 6.44. The topological polar surface area (TPSA) is 95.7 Å². The number of benzene rings is 1. The molecule has 1 aromatic rings. The smallest absolute Gasteiger partial charge is 0.324 e. The van der Waals surface area contributed by atoms with E-state index in [0.29, 0.717) is 5.56 Å². The largest absolute Gasteiger partial charge is 0.468 e. The average molecular weight is 321 g/mol. The van der Waals surface area contributed by atoms with E-state index in [1.807, 2.05) is 0 Å². The van der Waals surface area contributed by atoms with Gasteiger partial charge < -0.3 is 9.47 Å². The fourth-order valence-electron chi connectivity index (χ4n) is 2.65. The number of ether oxygens (including phenoxy) is 2. The molecule has 0 radical (unpaired) electrons. The van der Waals surface area contributed by atoms with Gasteiger partial charge >= 0.3 is 11.9 Å². The Labute approximate surface area is 134 Å². The Balaban J connectivity index is 3.59. The minimum absolute atomic E-state index is 0.139. The molecule has 0 aliphatic heterocycles. The molecule has 0 fully saturated rings. The third-order valence-corrected chi connectivity index (χ3v) is 3.69. The Morgan fingerprint density at radius 1 is 1.26 bits per heavy atom. The molecule has 1 rings (SSSR count). The maximum atomic E-state index is 12.4. The maximum Gasteiger partial charge on any atom is 0.324 e. The predicted octanol–water partition coefficient (Wildman–Crippen LogP) is 1.96. The third-order valence-electron chi connectivity index (χ3n) is 3.69. The zero-order chi connectivity index (χ0) is 17.5. The van der Waals surface area contributed by atoms with E-state index in [4.69, 9.17) is 9.47 Å². The van der Waals surface area contributed by atoms with E-state index < -0.39 is 34.7 Å². The summed E-state index contributed by atoms with van der Waals surface area (Å²) in [6.07, 6.45) is 1.21. The van der Waals surface area contributed by atoms with Gasteiger partial charge in [-0.1, -0.05) is 36.4 Å². The zero-order valence-corrected chi connectivity index (χ0v) is 13.1. The molecule has 0 aliphatic rings.